The van der Waals surface area contributed by atoms with E-state index in [2.05, 4.69) is 5.32 Å². The minimum atomic E-state index is -4.75. The molecule has 32 heavy (non-hydrogen) atoms. The number of benzene rings is 1. The molecular weight excluding hydrogens is 431 g/mol. The molecule has 0 aromatic heterocycles. The van der Waals surface area contributed by atoms with Gasteiger partial charge in [-0.15, -0.1) is 0 Å². The molecule has 0 saturated carbocycles. The summed E-state index contributed by atoms with van der Waals surface area (Å²) in [4.78, 5) is 26.7. The molecular formula is C21H20F3N3O5. The summed E-state index contributed by atoms with van der Waals surface area (Å²) in [5, 5.41) is 11.8. The number of methoxy groups -OCH3 is 1. The first-order valence-corrected chi connectivity index (χ1v) is 10.2. The van der Waals surface area contributed by atoms with E-state index in [4.69, 9.17) is 19.5 Å². The lowest BCUT2D eigenvalue weighted by atomic mass is 9.64. The third-order valence-corrected chi connectivity index (χ3v) is 7.31. The lowest BCUT2D eigenvalue weighted by Crippen LogP contribution is -2.57. The molecule has 170 valence electrons. The highest BCUT2D eigenvalue weighted by molar-refractivity contribution is 6.00. The van der Waals surface area contributed by atoms with Crippen LogP contribution in [0.15, 0.2) is 18.2 Å². The zero-order valence-electron chi connectivity index (χ0n) is 17.2. The number of halogens is 3. The van der Waals surface area contributed by atoms with Crippen LogP contribution in [-0.4, -0.2) is 49.2 Å². The number of nitrogens with zero attached hydrogens (tertiary/aromatic N) is 2. The van der Waals surface area contributed by atoms with Crippen LogP contribution in [0.25, 0.3) is 0 Å². The van der Waals surface area contributed by atoms with Crippen molar-refractivity contribution in [1.29, 1.82) is 5.26 Å². The van der Waals surface area contributed by atoms with Crippen LogP contribution in [0.4, 0.5) is 23.7 Å². The smallest absolute Gasteiger partial charge is 0.417 e. The van der Waals surface area contributed by atoms with Crippen molar-refractivity contribution >= 4 is 17.7 Å². The molecule has 4 saturated heterocycles. The minimum absolute atomic E-state index is 0.0123. The number of hydrogen-bond donors (Lipinski definition) is 1. The summed E-state index contributed by atoms with van der Waals surface area (Å²) in [5.74, 6) is -1.54. The second-order valence-electron chi connectivity index (χ2n) is 8.81. The van der Waals surface area contributed by atoms with E-state index in [0.717, 1.165) is 12.1 Å². The number of ether oxygens (including phenoxy) is 3. The van der Waals surface area contributed by atoms with Crippen molar-refractivity contribution in [1.82, 2.24) is 5.32 Å². The summed E-state index contributed by atoms with van der Waals surface area (Å²) in [7, 11) is 1.24. The van der Waals surface area contributed by atoms with Crippen LogP contribution in [0.2, 0.25) is 0 Å². The van der Waals surface area contributed by atoms with E-state index in [-0.39, 0.29) is 12.3 Å². The van der Waals surface area contributed by atoms with E-state index in [1.54, 1.807) is 13.0 Å². The first-order chi connectivity index (χ1) is 15.1. The Kier molecular flexibility index (Phi) is 4.33. The van der Waals surface area contributed by atoms with Crippen molar-refractivity contribution < 1.29 is 37.0 Å². The van der Waals surface area contributed by atoms with Crippen molar-refractivity contribution in [3.8, 4) is 6.07 Å². The maximum Gasteiger partial charge on any atom is 0.417 e. The molecule has 11 heteroatoms. The zero-order chi connectivity index (χ0) is 23.1. The Labute approximate surface area is 181 Å². The number of hydrogen-bond acceptors (Lipinski definition) is 6. The van der Waals surface area contributed by atoms with Crippen molar-refractivity contribution in [2.24, 2.45) is 11.8 Å². The molecule has 1 N–H and O–H groups in total. The van der Waals surface area contributed by atoms with Gasteiger partial charge in [-0.25, -0.2) is 4.79 Å². The highest BCUT2D eigenvalue weighted by Crippen LogP contribution is 2.65. The fraction of sp³-hybridized carbons (Fsp3) is 0.571. The van der Waals surface area contributed by atoms with E-state index in [1.165, 1.54) is 18.1 Å². The van der Waals surface area contributed by atoms with Crippen LogP contribution in [0, 0.1) is 23.2 Å². The molecule has 2 bridgehead atoms. The van der Waals surface area contributed by atoms with Crippen LogP contribution in [-0.2, 0) is 25.2 Å². The second-order valence-corrected chi connectivity index (χ2v) is 8.81. The zero-order valence-corrected chi connectivity index (χ0v) is 17.2. The largest absolute Gasteiger partial charge is 0.453 e. The van der Waals surface area contributed by atoms with E-state index in [9.17, 15) is 22.8 Å². The molecule has 5 rings (SSSR count). The maximum absolute atomic E-state index is 13.6. The number of anilines is 1. The predicted octanol–water partition coefficient (Wildman–Crippen LogP) is 2.56. The standard InChI is InChI=1S/C21H20F3N3O5/c1-19-13(26-18(29)30-2)8-20(32-19)5-6-31-17-15(20)14(19)16(28)27(17)11-4-3-10(9-25)12(7-11)21(22,23)24/h3-4,7,13-15,17H,5-6,8H2,1-2H3,(H,26,29)/t13-,14+,15-,17-,19+,20-/m0/s1. The number of alkyl carbamates (subject to hydrolysis) is 1. The Morgan fingerprint density at radius 1 is 1.41 bits per heavy atom. The molecule has 4 aliphatic rings. The molecule has 1 spiro atoms. The average molecular weight is 451 g/mol. The Morgan fingerprint density at radius 2 is 2.16 bits per heavy atom. The molecule has 4 fully saturated rings. The van der Waals surface area contributed by atoms with Gasteiger partial charge in [0.15, 0.2) is 0 Å². The van der Waals surface area contributed by atoms with Gasteiger partial charge in [-0.3, -0.25) is 9.69 Å². The average Bonchev–Trinajstić information content (AvgIpc) is 3.30. The van der Waals surface area contributed by atoms with Gasteiger partial charge in [-0.1, -0.05) is 0 Å². The van der Waals surface area contributed by atoms with Crippen LogP contribution in [0.5, 0.6) is 0 Å². The first kappa shape index (κ1) is 21.0. The lowest BCUT2D eigenvalue weighted by Gasteiger charge is -2.42. The molecule has 6 atom stereocenters. The monoisotopic (exact) mass is 451 g/mol. The number of alkyl halides is 3. The van der Waals surface area contributed by atoms with Crippen molar-refractivity contribution in [3.05, 3.63) is 29.3 Å². The van der Waals surface area contributed by atoms with Gasteiger partial charge in [-0.05, 0) is 25.1 Å². The second kappa shape index (κ2) is 6.59. The number of carbonyl (C=O) groups is 2. The molecule has 2 amide bonds. The molecule has 4 heterocycles. The summed E-state index contributed by atoms with van der Waals surface area (Å²) >= 11 is 0. The molecule has 1 aromatic carbocycles. The van der Waals surface area contributed by atoms with Crippen molar-refractivity contribution in [2.45, 2.75) is 49.4 Å². The number of nitrogens with one attached hydrogen (secondary N) is 1. The fourth-order valence-electron chi connectivity index (χ4n) is 6.04. The summed E-state index contributed by atoms with van der Waals surface area (Å²) in [5.41, 5.74) is -3.41. The van der Waals surface area contributed by atoms with Gasteiger partial charge < -0.3 is 19.5 Å². The highest BCUT2D eigenvalue weighted by atomic mass is 19.4. The molecule has 0 radical (unpaired) electrons. The molecule has 1 aromatic rings. The third kappa shape index (κ3) is 2.62. The molecule has 0 aliphatic carbocycles. The lowest BCUT2D eigenvalue weighted by molar-refractivity contribution is -0.141. The maximum atomic E-state index is 13.6. The third-order valence-electron chi connectivity index (χ3n) is 7.31. The quantitative estimate of drug-likeness (QED) is 0.742. The van der Waals surface area contributed by atoms with Gasteiger partial charge in [0.1, 0.15) is 6.23 Å². The highest BCUT2D eigenvalue weighted by Gasteiger charge is 2.78. The normalized spacial score (nSPS) is 37.2. The molecule has 4 aliphatic heterocycles. The summed E-state index contributed by atoms with van der Waals surface area (Å²) in [6, 6.07) is 4.26. The SMILES string of the molecule is COC(=O)N[C@H]1C[C@@]23CCO[C@H]4[C@@H]2[C@H](C(=O)N4c2ccc(C#N)c(C(F)(F)F)c2)[C@]1(C)O3. The number of fused-ring (bicyclic) bond motifs is 2. The van der Waals surface area contributed by atoms with Crippen LogP contribution >= 0.6 is 0 Å². The van der Waals surface area contributed by atoms with Gasteiger partial charge in [0.25, 0.3) is 0 Å². The number of amides is 2. The Bertz CT molecular complexity index is 1060. The Hall–Kier alpha value is -2.84. The predicted molar refractivity (Wildman–Crippen MR) is 101 cm³/mol. The molecule has 8 nitrogen and oxygen atoms in total. The van der Waals surface area contributed by atoms with Crippen LogP contribution in [0.3, 0.4) is 0 Å². The summed E-state index contributed by atoms with van der Waals surface area (Å²) in [6.07, 6.45) is -5.24. The first-order valence-electron chi connectivity index (χ1n) is 10.2. The number of nitriles is 1. The Morgan fingerprint density at radius 3 is 2.81 bits per heavy atom. The summed E-state index contributed by atoms with van der Waals surface area (Å²) in [6.45, 7) is 1.99. The van der Waals surface area contributed by atoms with Crippen LogP contribution < -0.4 is 10.2 Å². The van der Waals surface area contributed by atoms with Gasteiger partial charge >= 0.3 is 12.3 Å². The van der Waals surface area contributed by atoms with E-state index in [1.807, 2.05) is 0 Å². The van der Waals surface area contributed by atoms with E-state index >= 15 is 0 Å². The van der Waals surface area contributed by atoms with Crippen LogP contribution in [0.1, 0.15) is 30.9 Å². The fourth-order valence-corrected chi connectivity index (χ4v) is 6.04. The number of carbonyl (C=O) groups excluding carboxylic acids is 2. The van der Waals surface area contributed by atoms with Gasteiger partial charge in [0.2, 0.25) is 5.91 Å². The van der Waals surface area contributed by atoms with E-state index in [0.29, 0.717) is 12.8 Å². The van der Waals surface area contributed by atoms with Gasteiger partial charge in [-0.2, -0.15) is 18.4 Å². The van der Waals surface area contributed by atoms with Crippen molar-refractivity contribution in [2.75, 3.05) is 18.6 Å². The molecule has 0 unspecified atom stereocenters. The minimum Gasteiger partial charge on any atom is -0.453 e. The summed E-state index contributed by atoms with van der Waals surface area (Å²) < 4.78 is 57.6. The van der Waals surface area contributed by atoms with Crippen molar-refractivity contribution in [3.63, 3.8) is 0 Å². The van der Waals surface area contributed by atoms with Gasteiger partial charge in [0.05, 0.1) is 54.1 Å². The topological polar surface area (TPSA) is 101 Å². The Balaban J connectivity index is 1.57. The number of rotatable bonds is 2. The van der Waals surface area contributed by atoms with E-state index < -0.39 is 64.6 Å². The van der Waals surface area contributed by atoms with Gasteiger partial charge in [0, 0.05) is 24.4 Å².